The number of alkyl halides is 3. The molecule has 158 valence electrons. The molecule has 3 rings (SSSR count). The van der Waals surface area contributed by atoms with Crippen LogP contribution in [0.2, 0.25) is 0 Å². The van der Waals surface area contributed by atoms with E-state index >= 15 is 0 Å². The fourth-order valence-corrected chi connectivity index (χ4v) is 2.76. The lowest BCUT2D eigenvalue weighted by molar-refractivity contribution is -0.170. The Morgan fingerprint density at radius 1 is 1.13 bits per heavy atom. The van der Waals surface area contributed by atoms with E-state index in [-0.39, 0.29) is 12.3 Å². The third-order valence-corrected chi connectivity index (χ3v) is 4.41. The topological polar surface area (TPSA) is 82.9 Å². The summed E-state index contributed by atoms with van der Waals surface area (Å²) >= 11 is 0. The molecule has 6 nitrogen and oxygen atoms in total. The van der Waals surface area contributed by atoms with E-state index in [0.29, 0.717) is 27.4 Å². The molecule has 2 N–H and O–H groups in total. The molecule has 0 aliphatic rings. The van der Waals surface area contributed by atoms with Gasteiger partial charge in [0.1, 0.15) is 18.5 Å². The molecule has 1 unspecified atom stereocenters. The van der Waals surface area contributed by atoms with Crippen molar-refractivity contribution in [3.63, 3.8) is 0 Å². The Bertz CT molecular complexity index is 1040. The molecule has 0 fully saturated rings. The van der Waals surface area contributed by atoms with Crippen molar-refractivity contribution in [1.82, 2.24) is 4.98 Å². The van der Waals surface area contributed by atoms with Crippen LogP contribution < -0.4 is 9.64 Å². The average Bonchev–Trinajstić information content (AvgIpc) is 2.75. The van der Waals surface area contributed by atoms with Crippen molar-refractivity contribution in [2.45, 2.75) is 12.3 Å². The molecule has 2 aromatic carbocycles. The Morgan fingerprint density at radius 2 is 1.80 bits per heavy atom. The van der Waals surface area contributed by atoms with Crippen molar-refractivity contribution in [3.8, 4) is 17.0 Å². The lowest BCUT2D eigenvalue weighted by atomic mass is 10.1. The fourth-order valence-electron chi connectivity index (χ4n) is 2.76. The molecule has 0 saturated heterocycles. The van der Waals surface area contributed by atoms with Gasteiger partial charge in [0.25, 0.3) is 0 Å². The number of hydrogen-bond donors (Lipinski definition) is 2. The molecule has 0 radical (unpaired) electrons. The number of hydrogen-bond acceptors (Lipinski definition) is 5. The Labute approximate surface area is 170 Å². The van der Waals surface area contributed by atoms with Crippen molar-refractivity contribution in [3.05, 3.63) is 54.6 Å². The number of carbonyl (C=O) groups excluding carboxylic acids is 1. The maximum atomic E-state index is 12.6. The number of ether oxygens (including phenoxy) is 1. The summed E-state index contributed by atoms with van der Waals surface area (Å²) in [6.45, 7) is -0.469. The molecule has 9 heteroatoms. The van der Waals surface area contributed by atoms with Gasteiger partial charge in [-0.3, -0.25) is 4.79 Å². The summed E-state index contributed by atoms with van der Waals surface area (Å²) < 4.78 is 43.2. The van der Waals surface area contributed by atoms with Crippen molar-refractivity contribution in [1.29, 1.82) is 0 Å². The van der Waals surface area contributed by atoms with Gasteiger partial charge in [-0.2, -0.15) is 13.2 Å². The lowest BCUT2D eigenvalue weighted by Gasteiger charge is -2.19. The van der Waals surface area contributed by atoms with Crippen LogP contribution in [0.3, 0.4) is 0 Å². The van der Waals surface area contributed by atoms with Crippen LogP contribution in [0.5, 0.6) is 5.75 Å². The number of benzene rings is 2. The second kappa shape index (κ2) is 8.68. The van der Waals surface area contributed by atoms with E-state index in [4.69, 9.17) is 9.84 Å². The van der Waals surface area contributed by atoms with Crippen LogP contribution in [0.15, 0.2) is 54.6 Å². The number of aromatic nitrogens is 1. The number of rotatable bonds is 6. The van der Waals surface area contributed by atoms with Gasteiger partial charge < -0.3 is 19.8 Å². The third-order valence-electron chi connectivity index (χ3n) is 4.41. The van der Waals surface area contributed by atoms with Gasteiger partial charge in [0.05, 0.1) is 17.8 Å². The van der Waals surface area contributed by atoms with Crippen LogP contribution in [-0.2, 0) is 4.79 Å². The Morgan fingerprint density at radius 3 is 2.43 bits per heavy atom. The molecule has 1 heterocycles. The highest BCUT2D eigenvalue weighted by atomic mass is 19.4. The molecule has 0 saturated carbocycles. The predicted molar refractivity (Wildman–Crippen MR) is 105 cm³/mol. The Hall–Kier alpha value is -3.17. The Kier molecular flexibility index (Phi) is 6.23. The summed E-state index contributed by atoms with van der Waals surface area (Å²) in [6.07, 6.45) is -5.93. The zero-order chi connectivity index (χ0) is 21.9. The van der Waals surface area contributed by atoms with Crippen LogP contribution in [0.4, 0.5) is 18.9 Å². The molecule has 0 bridgehead atoms. The minimum absolute atomic E-state index is 0.0622. The highest BCUT2D eigenvalue weighted by Crippen LogP contribution is 2.27. The summed E-state index contributed by atoms with van der Waals surface area (Å²) in [5.74, 6) is -1.47. The number of pyridine rings is 1. The standard InChI is InChI=1S/C21H19F3N2O4/c1-26(20(29)21(22,23)24)15-6-2-13(3-7-15)18-9-5-14-4-8-17(10-19(14)25-18)30-12-16(28)11-27/h2-10,16,27-28H,11-12H2,1H3. The molecule has 1 amide bonds. The van der Waals surface area contributed by atoms with Gasteiger partial charge in [-0.15, -0.1) is 0 Å². The van der Waals surface area contributed by atoms with Crippen molar-refractivity contribution in [2.75, 3.05) is 25.2 Å². The maximum Gasteiger partial charge on any atom is 0.471 e. The summed E-state index contributed by atoms with van der Waals surface area (Å²) in [6, 6.07) is 14.8. The van der Waals surface area contributed by atoms with E-state index in [1.807, 2.05) is 6.07 Å². The Balaban J connectivity index is 1.83. The fraction of sp³-hybridized carbons (Fsp3) is 0.238. The first-order valence-corrected chi connectivity index (χ1v) is 8.97. The monoisotopic (exact) mass is 420 g/mol. The molecule has 1 aromatic heterocycles. The number of halogens is 3. The van der Waals surface area contributed by atoms with Gasteiger partial charge in [0, 0.05) is 29.8 Å². The van der Waals surface area contributed by atoms with E-state index in [2.05, 4.69) is 4.98 Å². The number of carbonyl (C=O) groups is 1. The highest BCUT2D eigenvalue weighted by Gasteiger charge is 2.41. The SMILES string of the molecule is CN(C(=O)C(F)(F)F)c1ccc(-c2ccc3ccc(OCC(O)CO)cc3n2)cc1. The molecule has 0 aliphatic heterocycles. The second-order valence-corrected chi connectivity index (χ2v) is 6.61. The van der Waals surface area contributed by atoms with Crippen molar-refractivity contribution in [2.24, 2.45) is 0 Å². The number of aliphatic hydroxyl groups excluding tert-OH is 2. The first-order valence-electron chi connectivity index (χ1n) is 8.97. The first kappa shape index (κ1) is 21.5. The van der Waals surface area contributed by atoms with Gasteiger partial charge in [0.15, 0.2) is 0 Å². The second-order valence-electron chi connectivity index (χ2n) is 6.61. The van der Waals surface area contributed by atoms with E-state index in [1.54, 1.807) is 36.4 Å². The highest BCUT2D eigenvalue weighted by molar-refractivity contribution is 5.97. The van der Waals surface area contributed by atoms with E-state index in [0.717, 1.165) is 12.4 Å². The van der Waals surface area contributed by atoms with Crippen LogP contribution in [0.1, 0.15) is 0 Å². The van der Waals surface area contributed by atoms with Gasteiger partial charge in [0.2, 0.25) is 0 Å². The zero-order valence-electron chi connectivity index (χ0n) is 15.9. The minimum Gasteiger partial charge on any atom is -0.491 e. The van der Waals surface area contributed by atoms with Crippen molar-refractivity contribution < 1.29 is 32.9 Å². The number of fused-ring (bicyclic) bond motifs is 1. The van der Waals surface area contributed by atoms with Gasteiger partial charge >= 0.3 is 12.1 Å². The molecular formula is C21H19F3N2O4. The lowest BCUT2D eigenvalue weighted by Crippen LogP contribution is -2.38. The first-order chi connectivity index (χ1) is 14.2. The number of amides is 1. The number of nitrogens with zero attached hydrogens (tertiary/aromatic N) is 2. The summed E-state index contributed by atoms with van der Waals surface area (Å²) in [4.78, 5) is 16.5. The predicted octanol–water partition coefficient (Wildman–Crippen LogP) is 3.16. The molecule has 3 aromatic rings. The van der Waals surface area contributed by atoms with Crippen molar-refractivity contribution >= 4 is 22.5 Å². The van der Waals surface area contributed by atoms with Crippen LogP contribution in [0, 0.1) is 0 Å². The maximum absolute atomic E-state index is 12.6. The van der Waals surface area contributed by atoms with E-state index in [1.165, 1.54) is 12.1 Å². The van der Waals surface area contributed by atoms with Gasteiger partial charge in [-0.25, -0.2) is 4.98 Å². The minimum atomic E-state index is -4.94. The van der Waals surface area contributed by atoms with Crippen LogP contribution in [-0.4, -0.2) is 53.6 Å². The molecule has 30 heavy (non-hydrogen) atoms. The zero-order valence-corrected chi connectivity index (χ0v) is 15.9. The quantitative estimate of drug-likeness (QED) is 0.640. The molecule has 1 atom stereocenters. The largest absolute Gasteiger partial charge is 0.491 e. The molecule has 0 aliphatic carbocycles. The number of aliphatic hydroxyl groups is 2. The molecule has 0 spiro atoms. The van der Waals surface area contributed by atoms with Crippen LogP contribution in [0.25, 0.3) is 22.2 Å². The summed E-state index contributed by atoms with van der Waals surface area (Å²) in [7, 11) is 1.06. The summed E-state index contributed by atoms with van der Waals surface area (Å²) in [5, 5.41) is 19.1. The third kappa shape index (κ3) is 4.87. The smallest absolute Gasteiger partial charge is 0.471 e. The van der Waals surface area contributed by atoms with E-state index < -0.39 is 24.8 Å². The van der Waals surface area contributed by atoms with Crippen LogP contribution >= 0.6 is 0 Å². The summed E-state index contributed by atoms with van der Waals surface area (Å²) in [5.41, 5.74) is 1.99. The molecular weight excluding hydrogens is 401 g/mol. The van der Waals surface area contributed by atoms with Gasteiger partial charge in [-0.05, 0) is 30.3 Å². The average molecular weight is 420 g/mol. The number of anilines is 1. The van der Waals surface area contributed by atoms with Gasteiger partial charge in [-0.1, -0.05) is 18.2 Å². The normalized spacial score (nSPS) is 12.6. The van der Waals surface area contributed by atoms with E-state index in [9.17, 15) is 23.1 Å².